The Morgan fingerprint density at radius 3 is 2.56 bits per heavy atom. The topological polar surface area (TPSA) is 35.2 Å². The smallest absolute Gasteiger partial charge is 0.125 e. The van der Waals surface area contributed by atoms with Crippen molar-refractivity contribution in [3.05, 3.63) is 29.6 Å². The maximum Gasteiger partial charge on any atom is 0.125 e. The summed E-state index contributed by atoms with van der Waals surface area (Å²) in [5.41, 5.74) is 7.03. The van der Waals surface area contributed by atoms with Crippen LogP contribution in [-0.2, 0) is 11.3 Å². The SMILES string of the molecule is CCCCCCCCOCc1ccc(F)cc1N. The number of nitrogens with two attached hydrogens (primary N) is 1. The zero-order chi connectivity index (χ0) is 13.2. The average molecular weight is 253 g/mol. The molecule has 0 atom stereocenters. The number of rotatable bonds is 9. The van der Waals surface area contributed by atoms with Crippen LogP contribution in [-0.4, -0.2) is 6.61 Å². The minimum atomic E-state index is -0.299. The predicted octanol–water partition coefficient (Wildman–Crippen LogP) is 4.29. The summed E-state index contributed by atoms with van der Waals surface area (Å²) in [6.07, 6.45) is 7.52. The fourth-order valence-corrected chi connectivity index (χ4v) is 1.86. The van der Waals surface area contributed by atoms with Gasteiger partial charge in [0.2, 0.25) is 0 Å². The Kier molecular flexibility index (Phi) is 7.42. The summed E-state index contributed by atoms with van der Waals surface area (Å²) in [6, 6.07) is 4.44. The van der Waals surface area contributed by atoms with E-state index in [9.17, 15) is 4.39 Å². The van der Waals surface area contributed by atoms with Crippen molar-refractivity contribution < 1.29 is 9.13 Å². The van der Waals surface area contributed by atoms with E-state index in [-0.39, 0.29) is 5.82 Å². The third-order valence-electron chi connectivity index (χ3n) is 3.01. The second kappa shape index (κ2) is 8.92. The van der Waals surface area contributed by atoms with E-state index in [4.69, 9.17) is 10.5 Å². The van der Waals surface area contributed by atoms with Gasteiger partial charge < -0.3 is 10.5 Å². The van der Waals surface area contributed by atoms with Crippen LogP contribution >= 0.6 is 0 Å². The summed E-state index contributed by atoms with van der Waals surface area (Å²) in [6.45, 7) is 3.44. The van der Waals surface area contributed by atoms with Crippen LogP contribution in [0.4, 0.5) is 10.1 Å². The Balaban J connectivity index is 2.07. The summed E-state index contributed by atoms with van der Waals surface area (Å²) in [7, 11) is 0. The van der Waals surface area contributed by atoms with Crippen molar-refractivity contribution in [2.24, 2.45) is 0 Å². The van der Waals surface area contributed by atoms with Gasteiger partial charge in [-0.05, 0) is 18.6 Å². The van der Waals surface area contributed by atoms with Gasteiger partial charge in [-0.15, -0.1) is 0 Å². The summed E-state index contributed by atoms with van der Waals surface area (Å²) in [5.74, 6) is -0.299. The molecule has 0 aliphatic carbocycles. The lowest BCUT2D eigenvalue weighted by Crippen LogP contribution is -2.00. The lowest BCUT2D eigenvalue weighted by atomic mass is 10.1. The van der Waals surface area contributed by atoms with Gasteiger partial charge in [0.05, 0.1) is 6.61 Å². The minimum Gasteiger partial charge on any atom is -0.398 e. The van der Waals surface area contributed by atoms with Crippen molar-refractivity contribution in [1.82, 2.24) is 0 Å². The fourth-order valence-electron chi connectivity index (χ4n) is 1.86. The zero-order valence-corrected chi connectivity index (χ0v) is 11.3. The molecule has 0 aliphatic rings. The molecule has 2 N–H and O–H groups in total. The third-order valence-corrected chi connectivity index (χ3v) is 3.01. The first-order valence-corrected chi connectivity index (χ1v) is 6.85. The van der Waals surface area contributed by atoms with Gasteiger partial charge in [0.25, 0.3) is 0 Å². The van der Waals surface area contributed by atoms with Gasteiger partial charge >= 0.3 is 0 Å². The number of unbranched alkanes of at least 4 members (excludes halogenated alkanes) is 5. The molecular weight excluding hydrogens is 229 g/mol. The van der Waals surface area contributed by atoms with Crippen LogP contribution in [0.25, 0.3) is 0 Å². The highest BCUT2D eigenvalue weighted by Gasteiger charge is 2.00. The van der Waals surface area contributed by atoms with Gasteiger partial charge in [-0.25, -0.2) is 4.39 Å². The zero-order valence-electron chi connectivity index (χ0n) is 11.3. The molecular formula is C15H24FNO. The van der Waals surface area contributed by atoms with Gasteiger partial charge in [-0.2, -0.15) is 0 Å². The van der Waals surface area contributed by atoms with Crippen LogP contribution in [0.2, 0.25) is 0 Å². The van der Waals surface area contributed by atoms with Gasteiger partial charge in [0.1, 0.15) is 5.82 Å². The number of anilines is 1. The highest BCUT2D eigenvalue weighted by molar-refractivity contribution is 5.46. The quantitative estimate of drug-likeness (QED) is 0.526. The highest BCUT2D eigenvalue weighted by Crippen LogP contribution is 2.14. The molecule has 1 aromatic carbocycles. The first-order chi connectivity index (χ1) is 8.74. The van der Waals surface area contributed by atoms with E-state index in [1.54, 1.807) is 6.07 Å². The van der Waals surface area contributed by atoms with E-state index in [0.717, 1.165) is 18.6 Å². The van der Waals surface area contributed by atoms with Crippen LogP contribution in [0.15, 0.2) is 18.2 Å². The van der Waals surface area contributed by atoms with E-state index in [2.05, 4.69) is 6.92 Å². The largest absolute Gasteiger partial charge is 0.398 e. The van der Waals surface area contributed by atoms with E-state index in [0.29, 0.717) is 12.3 Å². The third kappa shape index (κ3) is 6.01. The Morgan fingerprint density at radius 2 is 1.83 bits per heavy atom. The molecule has 0 fully saturated rings. The molecule has 0 heterocycles. The summed E-state index contributed by atoms with van der Waals surface area (Å²) in [4.78, 5) is 0. The molecule has 1 rings (SSSR count). The Labute approximate surface area is 109 Å². The molecule has 0 spiro atoms. The number of nitrogen functional groups attached to an aromatic ring is 1. The average Bonchev–Trinajstić information content (AvgIpc) is 2.35. The minimum absolute atomic E-state index is 0.299. The van der Waals surface area contributed by atoms with Gasteiger partial charge in [0.15, 0.2) is 0 Å². The van der Waals surface area contributed by atoms with E-state index >= 15 is 0 Å². The molecule has 1 aromatic rings. The van der Waals surface area contributed by atoms with E-state index in [1.807, 2.05) is 0 Å². The summed E-state index contributed by atoms with van der Waals surface area (Å²) < 4.78 is 18.4. The van der Waals surface area contributed by atoms with Gasteiger partial charge in [0, 0.05) is 17.9 Å². The summed E-state index contributed by atoms with van der Waals surface area (Å²) >= 11 is 0. The van der Waals surface area contributed by atoms with Crippen molar-refractivity contribution in [1.29, 1.82) is 0 Å². The normalized spacial score (nSPS) is 10.8. The van der Waals surface area contributed by atoms with Crippen LogP contribution < -0.4 is 5.73 Å². The molecule has 0 saturated carbocycles. The number of ether oxygens (including phenoxy) is 1. The molecule has 0 aliphatic heterocycles. The van der Waals surface area contributed by atoms with Crippen molar-refractivity contribution in [3.8, 4) is 0 Å². The highest BCUT2D eigenvalue weighted by atomic mass is 19.1. The van der Waals surface area contributed by atoms with Crippen molar-refractivity contribution in [2.45, 2.75) is 52.1 Å². The molecule has 0 amide bonds. The summed E-state index contributed by atoms with van der Waals surface area (Å²) in [5, 5.41) is 0. The van der Waals surface area contributed by atoms with Gasteiger partial charge in [-0.1, -0.05) is 45.1 Å². The van der Waals surface area contributed by atoms with Crippen molar-refractivity contribution in [3.63, 3.8) is 0 Å². The number of hydrogen-bond acceptors (Lipinski definition) is 2. The molecule has 0 aromatic heterocycles. The molecule has 3 heteroatoms. The van der Waals surface area contributed by atoms with E-state index < -0.39 is 0 Å². The van der Waals surface area contributed by atoms with Crippen LogP contribution in [0.5, 0.6) is 0 Å². The van der Waals surface area contributed by atoms with Crippen LogP contribution in [0.3, 0.4) is 0 Å². The van der Waals surface area contributed by atoms with Crippen LogP contribution in [0, 0.1) is 5.82 Å². The van der Waals surface area contributed by atoms with Crippen molar-refractivity contribution in [2.75, 3.05) is 12.3 Å². The lowest BCUT2D eigenvalue weighted by molar-refractivity contribution is 0.117. The Hall–Kier alpha value is -1.09. The maximum absolute atomic E-state index is 12.8. The first kappa shape index (κ1) is 15.0. The molecule has 18 heavy (non-hydrogen) atoms. The van der Waals surface area contributed by atoms with Gasteiger partial charge in [-0.3, -0.25) is 0 Å². The fraction of sp³-hybridized carbons (Fsp3) is 0.600. The standard InChI is InChI=1S/C15H24FNO/c1-2-3-4-5-6-7-10-18-12-13-8-9-14(16)11-15(13)17/h8-9,11H,2-7,10,12,17H2,1H3. The predicted molar refractivity (Wildman–Crippen MR) is 73.8 cm³/mol. The Morgan fingerprint density at radius 1 is 1.11 bits per heavy atom. The molecule has 2 nitrogen and oxygen atoms in total. The van der Waals surface area contributed by atoms with Crippen LogP contribution in [0.1, 0.15) is 51.0 Å². The monoisotopic (exact) mass is 253 g/mol. The number of benzene rings is 1. The molecule has 0 bridgehead atoms. The molecule has 102 valence electrons. The number of hydrogen-bond donors (Lipinski definition) is 1. The second-order valence-electron chi connectivity index (χ2n) is 4.66. The molecule has 0 unspecified atom stereocenters. The van der Waals surface area contributed by atoms with Crippen molar-refractivity contribution >= 4 is 5.69 Å². The molecule has 0 radical (unpaired) electrons. The first-order valence-electron chi connectivity index (χ1n) is 6.85. The van der Waals surface area contributed by atoms with E-state index in [1.165, 1.54) is 44.2 Å². The number of halogens is 1. The molecule has 0 saturated heterocycles. The Bertz CT molecular complexity index is 341. The maximum atomic E-state index is 12.8. The lowest BCUT2D eigenvalue weighted by Gasteiger charge is -2.07. The second-order valence-corrected chi connectivity index (χ2v) is 4.66.